The van der Waals surface area contributed by atoms with E-state index in [-0.39, 0.29) is 0 Å². The lowest BCUT2D eigenvalue weighted by Crippen LogP contribution is -2.16. The van der Waals surface area contributed by atoms with Crippen molar-refractivity contribution in [1.29, 1.82) is 0 Å². The highest BCUT2D eigenvalue weighted by Gasteiger charge is 2.06. The smallest absolute Gasteiger partial charge is 0.242 e. The Morgan fingerprint density at radius 3 is 2.58 bits per heavy atom. The van der Waals surface area contributed by atoms with Crippen LogP contribution in [0.25, 0.3) is 0 Å². The second-order valence-electron chi connectivity index (χ2n) is 2.54. The van der Waals surface area contributed by atoms with Gasteiger partial charge >= 0.3 is 0 Å². The van der Waals surface area contributed by atoms with Crippen molar-refractivity contribution in [2.75, 3.05) is 7.11 Å². The molecule has 1 radical (unpaired) electrons. The van der Waals surface area contributed by atoms with Gasteiger partial charge in [0.25, 0.3) is 0 Å². The molecule has 0 heterocycles. The topological polar surface area (TPSA) is 9.23 Å². The highest BCUT2D eigenvalue weighted by molar-refractivity contribution is 6.56. The van der Waals surface area contributed by atoms with Crippen LogP contribution < -0.4 is 0 Å². The molecule has 0 unspecified atom stereocenters. The molecular weight excluding hydrogens is 164 g/mol. The summed E-state index contributed by atoms with van der Waals surface area (Å²) in [7, 11) is 0.937. The van der Waals surface area contributed by atoms with Gasteiger partial charge in [0.05, 0.1) is 0 Å². The van der Waals surface area contributed by atoms with Gasteiger partial charge < -0.3 is 4.43 Å². The fraction of sp³-hybridized carbons (Fsp3) is 0.200. The Morgan fingerprint density at radius 1 is 1.42 bits per heavy atom. The summed E-state index contributed by atoms with van der Waals surface area (Å²) in [6.45, 7) is 3.75. The zero-order valence-corrected chi connectivity index (χ0v) is 8.29. The number of hydrogen-bond acceptors (Lipinski definition) is 1. The van der Waals surface area contributed by atoms with E-state index in [4.69, 9.17) is 4.43 Å². The van der Waals surface area contributed by atoms with Crippen LogP contribution in [0.15, 0.2) is 42.6 Å². The summed E-state index contributed by atoms with van der Waals surface area (Å²) in [5.74, 6) is 0. The summed E-state index contributed by atoms with van der Waals surface area (Å²) in [4.78, 5) is 0. The van der Waals surface area contributed by atoms with E-state index in [2.05, 4.69) is 18.7 Å². The second kappa shape index (κ2) is 4.90. The molecular formula is C10H13OSi. The number of benzene rings is 1. The Morgan fingerprint density at radius 2 is 2.08 bits per heavy atom. The summed E-state index contributed by atoms with van der Waals surface area (Å²) >= 11 is 0. The molecule has 1 nitrogen and oxygen atoms in total. The monoisotopic (exact) mass is 177 g/mol. The Kier molecular flexibility index (Phi) is 3.77. The zero-order chi connectivity index (χ0) is 8.81. The van der Waals surface area contributed by atoms with E-state index in [1.165, 1.54) is 5.56 Å². The van der Waals surface area contributed by atoms with Gasteiger partial charge in [-0.1, -0.05) is 36.0 Å². The van der Waals surface area contributed by atoms with Gasteiger partial charge in [-0.05, 0) is 11.6 Å². The third-order valence-corrected chi connectivity index (χ3v) is 3.45. The first-order valence-electron chi connectivity index (χ1n) is 3.93. The maximum atomic E-state index is 5.29. The first-order valence-corrected chi connectivity index (χ1v) is 5.62. The maximum Gasteiger partial charge on any atom is 0.242 e. The number of rotatable bonds is 4. The molecule has 2 heteroatoms. The average Bonchev–Trinajstić information content (AvgIpc) is 2.16. The van der Waals surface area contributed by atoms with Gasteiger partial charge in [0.15, 0.2) is 0 Å². The summed E-state index contributed by atoms with van der Waals surface area (Å²) in [5.41, 5.74) is 3.26. The molecule has 12 heavy (non-hydrogen) atoms. The van der Waals surface area contributed by atoms with E-state index >= 15 is 0 Å². The minimum absolute atomic E-state index is 0.812. The minimum atomic E-state index is -0.812. The molecule has 0 spiro atoms. The second-order valence-corrected chi connectivity index (χ2v) is 4.64. The van der Waals surface area contributed by atoms with Crippen LogP contribution in [-0.2, 0) is 10.5 Å². The Labute approximate surface area is 75.4 Å². The van der Waals surface area contributed by atoms with Crippen LogP contribution in [0.2, 0.25) is 0 Å². The minimum Gasteiger partial charge on any atom is -0.415 e. The SMILES string of the molecule is C=C[Si](Cc1ccccc1)OC. The molecule has 0 aliphatic carbocycles. The highest BCUT2D eigenvalue weighted by Crippen LogP contribution is 2.02. The van der Waals surface area contributed by atoms with Crippen LogP contribution in [-0.4, -0.2) is 16.2 Å². The van der Waals surface area contributed by atoms with E-state index < -0.39 is 9.04 Å². The van der Waals surface area contributed by atoms with Crippen LogP contribution >= 0.6 is 0 Å². The van der Waals surface area contributed by atoms with Crippen molar-refractivity contribution in [3.63, 3.8) is 0 Å². The van der Waals surface area contributed by atoms with Gasteiger partial charge in [-0.25, -0.2) is 0 Å². The molecule has 1 rings (SSSR count). The lowest BCUT2D eigenvalue weighted by molar-refractivity contribution is 0.427. The molecule has 0 aliphatic rings. The van der Waals surface area contributed by atoms with Crippen LogP contribution in [0.5, 0.6) is 0 Å². The Hall–Kier alpha value is -0.863. The molecule has 0 aromatic heterocycles. The summed E-state index contributed by atoms with van der Waals surface area (Å²) in [6.07, 6.45) is 0. The van der Waals surface area contributed by atoms with E-state index in [9.17, 15) is 0 Å². The molecule has 0 saturated carbocycles. The first kappa shape index (κ1) is 9.23. The fourth-order valence-electron chi connectivity index (χ4n) is 1.02. The lowest BCUT2D eigenvalue weighted by Gasteiger charge is -2.06. The predicted octanol–water partition coefficient (Wildman–Crippen LogP) is 2.13. The van der Waals surface area contributed by atoms with E-state index in [0.29, 0.717) is 0 Å². The molecule has 0 fully saturated rings. The Bertz CT molecular complexity index is 233. The molecule has 1 aromatic carbocycles. The number of hydrogen-bond donors (Lipinski definition) is 0. The third-order valence-electron chi connectivity index (χ3n) is 1.71. The van der Waals surface area contributed by atoms with Gasteiger partial charge in [0.1, 0.15) is 0 Å². The van der Waals surface area contributed by atoms with Crippen molar-refractivity contribution < 1.29 is 4.43 Å². The van der Waals surface area contributed by atoms with Gasteiger partial charge in [0.2, 0.25) is 9.04 Å². The van der Waals surface area contributed by atoms with Crippen LogP contribution in [0.1, 0.15) is 5.56 Å². The maximum absolute atomic E-state index is 5.29. The van der Waals surface area contributed by atoms with Crippen LogP contribution in [0.3, 0.4) is 0 Å². The summed E-state index contributed by atoms with van der Waals surface area (Å²) < 4.78 is 5.29. The quantitative estimate of drug-likeness (QED) is 0.640. The standard InChI is InChI=1S/C10H13OSi/c1-3-12(11-2)9-10-7-5-4-6-8-10/h3-8H,1,9H2,2H3. The molecule has 1 aromatic rings. The van der Waals surface area contributed by atoms with E-state index in [0.717, 1.165) is 6.04 Å². The Balaban J connectivity index is 2.56. The van der Waals surface area contributed by atoms with Crippen molar-refractivity contribution in [2.45, 2.75) is 6.04 Å². The van der Waals surface area contributed by atoms with E-state index in [1.807, 2.05) is 23.9 Å². The first-order chi connectivity index (χ1) is 5.86. The fourth-order valence-corrected chi connectivity index (χ4v) is 2.12. The highest BCUT2D eigenvalue weighted by atomic mass is 28.3. The zero-order valence-electron chi connectivity index (χ0n) is 7.29. The molecule has 0 bridgehead atoms. The molecule has 0 atom stereocenters. The van der Waals surface area contributed by atoms with Crippen LogP contribution in [0.4, 0.5) is 0 Å². The average molecular weight is 177 g/mol. The van der Waals surface area contributed by atoms with Crippen molar-refractivity contribution in [3.05, 3.63) is 48.2 Å². The van der Waals surface area contributed by atoms with Gasteiger partial charge in [-0.2, -0.15) is 0 Å². The largest absolute Gasteiger partial charge is 0.415 e. The van der Waals surface area contributed by atoms with Crippen molar-refractivity contribution in [1.82, 2.24) is 0 Å². The molecule has 0 amide bonds. The summed E-state index contributed by atoms with van der Waals surface area (Å²) in [5, 5.41) is 0. The molecule has 63 valence electrons. The molecule has 0 aliphatic heterocycles. The predicted molar refractivity (Wildman–Crippen MR) is 53.1 cm³/mol. The lowest BCUT2D eigenvalue weighted by atomic mass is 10.2. The van der Waals surface area contributed by atoms with Gasteiger partial charge in [0, 0.05) is 7.11 Å². The van der Waals surface area contributed by atoms with Crippen molar-refractivity contribution in [3.8, 4) is 0 Å². The van der Waals surface area contributed by atoms with Crippen molar-refractivity contribution >= 4 is 9.04 Å². The van der Waals surface area contributed by atoms with Gasteiger partial charge in [-0.3, -0.25) is 0 Å². The normalized spacial score (nSPS) is 10.2. The third kappa shape index (κ3) is 2.64. The molecule has 0 saturated heterocycles. The van der Waals surface area contributed by atoms with Crippen molar-refractivity contribution in [2.24, 2.45) is 0 Å². The van der Waals surface area contributed by atoms with E-state index in [1.54, 1.807) is 7.11 Å². The van der Waals surface area contributed by atoms with Crippen LogP contribution in [0, 0.1) is 0 Å². The summed E-state index contributed by atoms with van der Waals surface area (Å²) in [6, 6.07) is 11.4. The molecule has 0 N–H and O–H groups in total. The van der Waals surface area contributed by atoms with Gasteiger partial charge in [-0.15, -0.1) is 6.58 Å².